The zero-order valence-electron chi connectivity index (χ0n) is 22.8. The summed E-state index contributed by atoms with van der Waals surface area (Å²) in [7, 11) is -1.90. The highest BCUT2D eigenvalue weighted by Crippen LogP contribution is 2.60. The highest BCUT2D eigenvalue weighted by molar-refractivity contribution is 7.93. The van der Waals surface area contributed by atoms with Crippen molar-refractivity contribution in [1.82, 2.24) is 4.98 Å². The van der Waals surface area contributed by atoms with Gasteiger partial charge >= 0.3 is 0 Å². The van der Waals surface area contributed by atoms with Gasteiger partial charge in [-0.3, -0.25) is 0 Å². The van der Waals surface area contributed by atoms with Crippen LogP contribution in [0.25, 0.3) is 10.2 Å². The second-order valence-electron chi connectivity index (χ2n) is 11.9. The molecule has 2 aromatic rings. The summed E-state index contributed by atoms with van der Waals surface area (Å²) >= 11 is 1.25. The number of methoxy groups -OCH3 is 1. The lowest BCUT2D eigenvalue weighted by Crippen LogP contribution is -2.37. The fraction of sp³-hybridized carbons (Fsp3) is 0.690. The van der Waals surface area contributed by atoms with Crippen molar-refractivity contribution in [3.63, 3.8) is 0 Å². The van der Waals surface area contributed by atoms with Gasteiger partial charge in [-0.2, -0.15) is 0 Å². The first-order chi connectivity index (χ1) is 17.4. The van der Waals surface area contributed by atoms with E-state index in [0.29, 0.717) is 24.7 Å². The Labute approximate surface area is 225 Å². The van der Waals surface area contributed by atoms with Crippen LogP contribution in [0.4, 0.5) is 4.39 Å². The molecule has 5 atom stereocenters. The molecule has 2 aliphatic carbocycles. The van der Waals surface area contributed by atoms with Gasteiger partial charge in [0.15, 0.2) is 0 Å². The van der Waals surface area contributed by atoms with Crippen LogP contribution in [0.15, 0.2) is 40.3 Å². The van der Waals surface area contributed by atoms with Gasteiger partial charge in [-0.05, 0) is 87.7 Å². The van der Waals surface area contributed by atoms with E-state index >= 15 is 4.39 Å². The topological polar surface area (TPSA) is 65.5 Å². The number of benzene rings is 1. The van der Waals surface area contributed by atoms with E-state index in [1.54, 1.807) is 7.11 Å². The summed E-state index contributed by atoms with van der Waals surface area (Å²) < 4.78 is 53.2. The van der Waals surface area contributed by atoms with E-state index < -0.39 is 21.6 Å². The van der Waals surface area contributed by atoms with E-state index in [1.807, 2.05) is 44.2 Å². The molecule has 0 radical (unpaired) electrons. The van der Waals surface area contributed by atoms with Gasteiger partial charge in [0.05, 0.1) is 21.6 Å². The molecule has 0 spiro atoms. The molecule has 37 heavy (non-hydrogen) atoms. The molecule has 206 valence electrons. The average Bonchev–Trinajstić information content (AvgIpc) is 3.43. The normalized spacial score (nSPS) is 27.5. The largest absolute Gasteiger partial charge is 0.359 e. The first-order valence-electron chi connectivity index (χ1n) is 13.5. The minimum absolute atomic E-state index is 0.00192. The molecule has 2 aliphatic rings. The Kier molecular flexibility index (Phi) is 8.83. The Balaban J connectivity index is 1.42. The highest BCUT2D eigenvalue weighted by atomic mass is 32.2. The first kappa shape index (κ1) is 28.7. The van der Waals surface area contributed by atoms with E-state index in [0.717, 1.165) is 42.3 Å². The number of halogens is 1. The van der Waals surface area contributed by atoms with Crippen LogP contribution in [0.1, 0.15) is 72.6 Å². The van der Waals surface area contributed by atoms with Crippen LogP contribution < -0.4 is 0 Å². The fourth-order valence-electron chi connectivity index (χ4n) is 6.99. The number of nitrogens with zero attached hydrogens (tertiary/aromatic N) is 1. The molecule has 5 nitrogen and oxygen atoms in total. The fourth-order valence-corrected chi connectivity index (χ4v) is 9.48. The van der Waals surface area contributed by atoms with Crippen molar-refractivity contribution >= 4 is 31.4 Å². The Morgan fingerprint density at radius 1 is 1.30 bits per heavy atom. The monoisotopic (exact) mass is 551 g/mol. The van der Waals surface area contributed by atoms with Crippen LogP contribution in [0, 0.1) is 23.2 Å². The van der Waals surface area contributed by atoms with Crippen molar-refractivity contribution in [3.05, 3.63) is 35.9 Å². The third-order valence-corrected chi connectivity index (χ3v) is 11.8. The maximum atomic E-state index is 15.1. The predicted octanol–water partition coefficient (Wildman–Crippen LogP) is 7.37. The van der Waals surface area contributed by atoms with Crippen molar-refractivity contribution in [2.75, 3.05) is 19.7 Å². The molecule has 0 amide bonds. The second kappa shape index (κ2) is 11.4. The minimum atomic E-state index is -3.48. The van der Waals surface area contributed by atoms with E-state index in [-0.39, 0.29) is 28.2 Å². The third-order valence-electron chi connectivity index (χ3n) is 8.74. The van der Waals surface area contributed by atoms with E-state index in [2.05, 4.69) is 18.8 Å². The maximum absolute atomic E-state index is 15.1. The number of hydrogen-bond donors (Lipinski definition) is 0. The minimum Gasteiger partial charge on any atom is -0.359 e. The smallest absolute Gasteiger partial charge is 0.210 e. The van der Waals surface area contributed by atoms with Crippen molar-refractivity contribution < 1.29 is 22.3 Å². The Morgan fingerprint density at radius 2 is 2.05 bits per heavy atom. The zero-order chi connectivity index (χ0) is 26.8. The summed E-state index contributed by atoms with van der Waals surface area (Å²) in [5, 5.41) is 0. The second-order valence-corrected chi connectivity index (χ2v) is 15.2. The molecule has 1 aromatic heterocycles. The number of aromatic nitrogens is 1. The average molecular weight is 552 g/mol. The molecule has 0 saturated heterocycles. The molecule has 0 N–H and O–H groups in total. The predicted molar refractivity (Wildman–Crippen MR) is 148 cm³/mol. The number of thiazole rings is 1. The van der Waals surface area contributed by atoms with Gasteiger partial charge in [-0.1, -0.05) is 37.6 Å². The number of rotatable bonds is 11. The Bertz CT molecular complexity index is 1170. The number of fused-ring (bicyclic) bond motifs is 2. The molecule has 1 heterocycles. The van der Waals surface area contributed by atoms with Gasteiger partial charge in [0, 0.05) is 13.5 Å². The SMILES string of the molecule is COCOC(C)(C)CC(F)CC(C)[C@H]1CC[C@H]2/C(=C/CS(=O)(=O)c3nc4ccccc4s3)CCC[C@]12C. The van der Waals surface area contributed by atoms with Crippen LogP contribution >= 0.6 is 11.3 Å². The van der Waals surface area contributed by atoms with E-state index in [9.17, 15) is 8.42 Å². The van der Waals surface area contributed by atoms with Crippen molar-refractivity contribution in [2.24, 2.45) is 23.2 Å². The molecule has 8 heteroatoms. The molecule has 0 bridgehead atoms. The third kappa shape index (κ3) is 6.45. The number of alkyl halides is 1. The summed E-state index contributed by atoms with van der Waals surface area (Å²) in [6.07, 6.45) is 7.17. The molecule has 4 rings (SSSR count). The zero-order valence-corrected chi connectivity index (χ0v) is 24.5. The number of hydrogen-bond acceptors (Lipinski definition) is 6. The summed E-state index contributed by atoms with van der Waals surface area (Å²) in [6, 6.07) is 7.54. The molecule has 2 unspecified atom stereocenters. The van der Waals surface area contributed by atoms with Crippen molar-refractivity contribution in [2.45, 2.75) is 88.8 Å². The van der Waals surface area contributed by atoms with Gasteiger partial charge in [0.25, 0.3) is 0 Å². The van der Waals surface area contributed by atoms with Crippen LogP contribution in [-0.4, -0.2) is 44.8 Å². The number of allylic oxidation sites excluding steroid dienone is 1. The van der Waals surface area contributed by atoms with Crippen LogP contribution in [-0.2, 0) is 19.3 Å². The van der Waals surface area contributed by atoms with Crippen LogP contribution in [0.5, 0.6) is 0 Å². The summed E-state index contributed by atoms with van der Waals surface area (Å²) in [5.74, 6) is 1.06. The lowest BCUT2D eigenvalue weighted by Gasteiger charge is -2.44. The van der Waals surface area contributed by atoms with Crippen LogP contribution in [0.2, 0.25) is 0 Å². The number of para-hydroxylation sites is 1. The molecule has 1 aromatic carbocycles. The van der Waals surface area contributed by atoms with E-state index in [1.165, 1.54) is 16.9 Å². The Hall–Kier alpha value is -1.35. The van der Waals surface area contributed by atoms with Crippen molar-refractivity contribution in [3.8, 4) is 0 Å². The molecular weight excluding hydrogens is 509 g/mol. The van der Waals surface area contributed by atoms with E-state index in [4.69, 9.17) is 9.47 Å². The summed E-state index contributed by atoms with van der Waals surface area (Å²) in [5.41, 5.74) is 1.54. The van der Waals surface area contributed by atoms with Gasteiger partial charge in [-0.25, -0.2) is 17.8 Å². The van der Waals surface area contributed by atoms with Gasteiger partial charge in [0.1, 0.15) is 13.0 Å². The first-order valence-corrected chi connectivity index (χ1v) is 16.0. The highest BCUT2D eigenvalue weighted by Gasteiger charge is 2.51. The Morgan fingerprint density at radius 3 is 2.78 bits per heavy atom. The van der Waals surface area contributed by atoms with Gasteiger partial charge in [-0.15, -0.1) is 11.3 Å². The van der Waals surface area contributed by atoms with Crippen molar-refractivity contribution in [1.29, 1.82) is 0 Å². The quantitative estimate of drug-likeness (QED) is 0.216. The molecule has 0 aliphatic heterocycles. The van der Waals surface area contributed by atoms with Gasteiger partial charge in [0.2, 0.25) is 14.2 Å². The number of sulfone groups is 1. The lowest BCUT2D eigenvalue weighted by atomic mass is 9.60. The molecule has 2 saturated carbocycles. The standard InChI is InChI=1S/C29H42FNO4S2/c1-20(17-22(30)18-28(2,3)35-19-34-5)23-12-13-24-21(9-8-15-29(23,24)4)14-16-37(32,33)27-31-25-10-6-7-11-26(25)36-27/h6-7,10-11,14,20,22-24H,8-9,12-13,15-19H2,1-5H3/b21-14+/t20?,22?,23-,24+,29-/m1/s1. The summed E-state index contributed by atoms with van der Waals surface area (Å²) in [6.45, 7) is 8.55. The summed E-state index contributed by atoms with van der Waals surface area (Å²) in [4.78, 5) is 4.38. The van der Waals surface area contributed by atoms with Gasteiger partial charge < -0.3 is 9.47 Å². The maximum Gasteiger partial charge on any atom is 0.210 e. The molecular formula is C29H42FNO4S2. The lowest BCUT2D eigenvalue weighted by molar-refractivity contribution is -0.124. The molecule has 2 fully saturated rings. The van der Waals surface area contributed by atoms with Crippen LogP contribution in [0.3, 0.4) is 0 Å². The number of ether oxygens (including phenoxy) is 2.